The normalized spacial score (nSPS) is 21.8. The van der Waals surface area contributed by atoms with E-state index in [0.717, 1.165) is 25.2 Å². The summed E-state index contributed by atoms with van der Waals surface area (Å²) in [5.41, 5.74) is 1.20. The van der Waals surface area contributed by atoms with Gasteiger partial charge in [-0.05, 0) is 18.9 Å². The molecule has 1 aliphatic rings. The second kappa shape index (κ2) is 7.17. The van der Waals surface area contributed by atoms with Crippen LogP contribution in [0.3, 0.4) is 0 Å². The van der Waals surface area contributed by atoms with Gasteiger partial charge in [-0.25, -0.2) is 0 Å². The molecular weight excluding hydrogens is 228 g/mol. The highest BCUT2D eigenvalue weighted by molar-refractivity contribution is 5.70. The summed E-state index contributed by atoms with van der Waals surface area (Å²) in [7, 11) is 0. The monoisotopic (exact) mass is 249 g/mol. The minimum atomic E-state index is 0.143. The lowest BCUT2D eigenvalue weighted by atomic mass is 10.1. The van der Waals surface area contributed by atoms with Gasteiger partial charge in [-0.15, -0.1) is 0 Å². The van der Waals surface area contributed by atoms with Crippen LogP contribution >= 0.6 is 0 Å². The number of hydrogen-bond acceptors (Lipinski definition) is 2. The van der Waals surface area contributed by atoms with Crippen LogP contribution in [0.15, 0.2) is 30.3 Å². The van der Waals surface area contributed by atoms with Crippen molar-refractivity contribution in [3.05, 3.63) is 35.9 Å². The van der Waals surface area contributed by atoms with Crippen LogP contribution in [-0.4, -0.2) is 25.3 Å². The van der Waals surface area contributed by atoms with Gasteiger partial charge in [0.1, 0.15) is 13.0 Å². The van der Waals surface area contributed by atoms with Crippen LogP contribution in [0.5, 0.6) is 0 Å². The Kier molecular flexibility index (Phi) is 5.21. The summed E-state index contributed by atoms with van der Waals surface area (Å²) in [6.45, 7) is 3.93. The van der Waals surface area contributed by atoms with Gasteiger partial charge in [0, 0.05) is 6.42 Å². The third-order valence-corrected chi connectivity index (χ3v) is 2.93. The minimum absolute atomic E-state index is 0.143. The Labute approximate surface area is 108 Å². The van der Waals surface area contributed by atoms with Gasteiger partial charge < -0.3 is 13.9 Å². The predicted octanol–water partition coefficient (Wildman–Crippen LogP) is 2.85. The second-order valence-corrected chi connectivity index (χ2v) is 4.44. The molecule has 3 heteroatoms. The highest BCUT2D eigenvalue weighted by Crippen LogP contribution is 2.15. The molecule has 0 radical (unpaired) electrons. The Morgan fingerprint density at radius 3 is 2.94 bits per heavy atom. The van der Waals surface area contributed by atoms with Crippen molar-refractivity contribution in [3.8, 4) is 0 Å². The maximum atomic E-state index is 5.73. The summed E-state index contributed by atoms with van der Waals surface area (Å²) in [6.07, 6.45) is 3.23. The Bertz CT molecular complexity index is 373. The maximum Gasteiger partial charge on any atom is 0.485 e. The molecule has 18 heavy (non-hydrogen) atoms. The molecule has 0 spiro atoms. The van der Waals surface area contributed by atoms with Crippen LogP contribution in [0.2, 0.25) is 0 Å². The average molecular weight is 249 g/mol. The first-order valence-electron chi connectivity index (χ1n) is 6.65. The van der Waals surface area contributed by atoms with Crippen molar-refractivity contribution in [2.75, 3.05) is 13.2 Å². The van der Waals surface area contributed by atoms with Gasteiger partial charge in [0.25, 0.3) is 0 Å². The molecule has 2 rings (SSSR count). The van der Waals surface area contributed by atoms with Crippen LogP contribution < -0.4 is 0 Å². The first-order chi connectivity index (χ1) is 8.88. The van der Waals surface area contributed by atoms with Gasteiger partial charge in [0.15, 0.2) is 6.61 Å². The molecule has 1 aliphatic heterocycles. The van der Waals surface area contributed by atoms with E-state index < -0.39 is 0 Å². The van der Waals surface area contributed by atoms with Crippen LogP contribution in [0, 0.1) is 0 Å². The number of ether oxygens (including phenoxy) is 2. The fraction of sp³-hybridized carbons (Fsp3) is 0.533. The molecule has 0 bridgehead atoms. The smallest absolute Gasteiger partial charge is 0.370 e. The lowest BCUT2D eigenvalue weighted by Crippen LogP contribution is -2.29. The largest absolute Gasteiger partial charge is 0.485 e. The maximum absolute atomic E-state index is 5.73. The molecule has 0 amide bonds. The highest BCUT2D eigenvalue weighted by Gasteiger charge is 2.29. The Morgan fingerprint density at radius 2 is 2.17 bits per heavy atom. The van der Waals surface area contributed by atoms with E-state index in [1.807, 2.05) is 25.1 Å². The molecule has 1 aromatic rings. The van der Waals surface area contributed by atoms with Gasteiger partial charge in [-0.3, -0.25) is 0 Å². The van der Waals surface area contributed by atoms with E-state index in [0.29, 0.717) is 19.8 Å². The van der Waals surface area contributed by atoms with E-state index in [1.165, 1.54) is 5.56 Å². The molecule has 1 atom stereocenters. The first-order valence-corrected chi connectivity index (χ1v) is 6.65. The minimum Gasteiger partial charge on any atom is -0.370 e. The Hall–Kier alpha value is -1.35. The van der Waals surface area contributed by atoms with Crippen molar-refractivity contribution < 1.29 is 13.9 Å². The Balaban J connectivity index is 1.72. The van der Waals surface area contributed by atoms with Crippen molar-refractivity contribution in [1.82, 2.24) is 0 Å². The van der Waals surface area contributed by atoms with Gasteiger partial charge in [-0.2, -0.15) is 0 Å². The number of esters is 1. The lowest BCUT2D eigenvalue weighted by molar-refractivity contribution is -0.466. The third-order valence-electron chi connectivity index (χ3n) is 2.93. The average Bonchev–Trinajstić information content (AvgIpc) is 2.41. The van der Waals surface area contributed by atoms with Crippen LogP contribution in [0.4, 0.5) is 0 Å². The SMILES string of the molecule is CC[O+]=C1CCC[C@@H](COCc2ccccc2)O1. The second-order valence-electron chi connectivity index (χ2n) is 4.44. The number of rotatable bonds is 5. The summed E-state index contributed by atoms with van der Waals surface area (Å²) in [6, 6.07) is 10.2. The van der Waals surface area contributed by atoms with Gasteiger partial charge >= 0.3 is 5.97 Å². The molecule has 1 aromatic carbocycles. The fourth-order valence-electron chi connectivity index (χ4n) is 2.04. The number of cyclic esters (lactones) is 1. The van der Waals surface area contributed by atoms with Crippen LogP contribution in [-0.2, 0) is 20.5 Å². The number of carbonyl (C=O) groups excluding carboxylic acids is 1. The summed E-state index contributed by atoms with van der Waals surface area (Å²) in [5, 5.41) is 0. The standard InChI is InChI=1S/C15H21O3/c1-2-17-15-10-6-9-14(18-15)12-16-11-13-7-4-3-5-8-13/h3-5,7-8,14H,2,6,9-12H2,1H3/q+1/t14-/m0/s1. The van der Waals surface area contributed by atoms with Crippen molar-refractivity contribution in [3.63, 3.8) is 0 Å². The zero-order valence-corrected chi connectivity index (χ0v) is 10.9. The van der Waals surface area contributed by atoms with E-state index >= 15 is 0 Å². The predicted molar refractivity (Wildman–Crippen MR) is 70.4 cm³/mol. The number of benzene rings is 1. The molecule has 1 fully saturated rings. The zero-order valence-electron chi connectivity index (χ0n) is 10.9. The lowest BCUT2D eigenvalue weighted by Gasteiger charge is -2.15. The molecule has 0 saturated carbocycles. The van der Waals surface area contributed by atoms with Crippen molar-refractivity contribution in [2.45, 2.75) is 38.9 Å². The van der Waals surface area contributed by atoms with E-state index in [2.05, 4.69) is 12.1 Å². The molecule has 0 unspecified atom stereocenters. The van der Waals surface area contributed by atoms with Gasteiger partial charge in [-0.1, -0.05) is 30.3 Å². The molecule has 1 heterocycles. The Morgan fingerprint density at radius 1 is 1.33 bits per heavy atom. The summed E-state index contributed by atoms with van der Waals surface area (Å²) in [5.74, 6) is 0.775. The molecule has 0 N–H and O–H groups in total. The van der Waals surface area contributed by atoms with E-state index in [9.17, 15) is 0 Å². The third kappa shape index (κ3) is 4.15. The molecule has 0 aliphatic carbocycles. The quantitative estimate of drug-likeness (QED) is 0.593. The van der Waals surface area contributed by atoms with Crippen molar-refractivity contribution >= 4 is 5.97 Å². The topological polar surface area (TPSA) is 29.8 Å². The van der Waals surface area contributed by atoms with Crippen LogP contribution in [0.25, 0.3) is 0 Å². The van der Waals surface area contributed by atoms with E-state index in [-0.39, 0.29) is 6.10 Å². The highest BCUT2D eigenvalue weighted by atomic mass is 16.6. The summed E-state index contributed by atoms with van der Waals surface area (Å²) in [4.78, 5) is 0. The van der Waals surface area contributed by atoms with Gasteiger partial charge in [0.05, 0.1) is 6.61 Å². The molecular formula is C15H21O3+. The molecule has 3 nitrogen and oxygen atoms in total. The summed E-state index contributed by atoms with van der Waals surface area (Å²) < 4.78 is 16.8. The molecule has 98 valence electrons. The fourth-order valence-corrected chi connectivity index (χ4v) is 2.04. The molecule has 1 saturated heterocycles. The molecule has 0 aromatic heterocycles. The number of hydrogen-bond donors (Lipinski definition) is 0. The zero-order chi connectivity index (χ0) is 12.6. The van der Waals surface area contributed by atoms with Gasteiger partial charge in [0.2, 0.25) is 6.10 Å². The van der Waals surface area contributed by atoms with Crippen molar-refractivity contribution in [2.24, 2.45) is 0 Å². The van der Waals surface area contributed by atoms with Crippen molar-refractivity contribution in [1.29, 1.82) is 0 Å². The first kappa shape index (κ1) is 13.1. The summed E-state index contributed by atoms with van der Waals surface area (Å²) >= 11 is 0. The van der Waals surface area contributed by atoms with E-state index in [4.69, 9.17) is 13.9 Å². The van der Waals surface area contributed by atoms with Crippen LogP contribution in [0.1, 0.15) is 31.7 Å². The van der Waals surface area contributed by atoms with E-state index in [1.54, 1.807) is 0 Å².